The van der Waals surface area contributed by atoms with E-state index in [0.29, 0.717) is 13.2 Å². The predicted octanol–water partition coefficient (Wildman–Crippen LogP) is 1.32. The summed E-state index contributed by atoms with van der Waals surface area (Å²) in [5, 5.41) is 25.8. The molecule has 2 heterocycles. The molecule has 2 N–H and O–H groups in total. The molecule has 1 aromatic heterocycles. The number of piperidine rings is 1. The van der Waals surface area contributed by atoms with Crippen LogP contribution in [0.4, 0.5) is 0 Å². The molecule has 1 atom stereocenters. The van der Waals surface area contributed by atoms with E-state index < -0.39 is 6.10 Å². The van der Waals surface area contributed by atoms with Gasteiger partial charge in [-0.1, -0.05) is 30.3 Å². The average Bonchev–Trinajstić information content (AvgIpc) is 3.12. The van der Waals surface area contributed by atoms with Gasteiger partial charge in [0.2, 0.25) is 5.16 Å². The molecule has 1 fully saturated rings. The topological polar surface area (TPSA) is 88.3 Å². The van der Waals surface area contributed by atoms with Gasteiger partial charge in [0.15, 0.2) is 0 Å². The van der Waals surface area contributed by atoms with Crippen LogP contribution in [0.2, 0.25) is 0 Å². The third kappa shape index (κ3) is 7.05. The second-order valence-electron chi connectivity index (χ2n) is 7.08. The first-order chi connectivity index (χ1) is 13.7. The number of hydrogen-bond donors (Lipinski definition) is 2. The van der Waals surface area contributed by atoms with Crippen LogP contribution in [0.5, 0.6) is 5.75 Å². The van der Waals surface area contributed by atoms with Crippen molar-refractivity contribution in [2.24, 2.45) is 7.05 Å². The fourth-order valence-corrected chi connectivity index (χ4v) is 3.93. The number of rotatable bonds is 11. The number of aromatic nitrogens is 4. The Hall–Kier alpha value is -1.68. The van der Waals surface area contributed by atoms with Gasteiger partial charge in [-0.05, 0) is 54.1 Å². The zero-order valence-corrected chi connectivity index (χ0v) is 17.3. The molecule has 2 aromatic rings. The third-order valence-corrected chi connectivity index (χ3v) is 5.72. The molecule has 1 aliphatic rings. The average molecular weight is 407 g/mol. The Morgan fingerprint density at radius 1 is 1.21 bits per heavy atom. The fraction of sp³-hybridized carbons (Fsp3) is 0.632. The van der Waals surface area contributed by atoms with Crippen molar-refractivity contribution < 1.29 is 9.84 Å². The third-order valence-electron chi connectivity index (χ3n) is 4.70. The van der Waals surface area contributed by atoms with Crippen LogP contribution >= 0.6 is 11.8 Å². The minimum absolute atomic E-state index is 0.336. The van der Waals surface area contributed by atoms with E-state index in [0.717, 1.165) is 42.8 Å². The van der Waals surface area contributed by atoms with E-state index in [1.807, 2.05) is 19.2 Å². The number of hydrogen-bond acceptors (Lipinski definition) is 8. The summed E-state index contributed by atoms with van der Waals surface area (Å²) in [6.07, 6.45) is 3.33. The zero-order valence-electron chi connectivity index (χ0n) is 16.5. The molecule has 0 bridgehead atoms. The highest BCUT2D eigenvalue weighted by Gasteiger charge is 2.15. The quantitative estimate of drug-likeness (QED) is 0.427. The number of benzene rings is 1. The predicted molar refractivity (Wildman–Crippen MR) is 109 cm³/mol. The molecule has 0 amide bonds. The summed E-state index contributed by atoms with van der Waals surface area (Å²) in [5.41, 5.74) is 1.20. The van der Waals surface area contributed by atoms with Gasteiger partial charge in [-0.25, -0.2) is 4.68 Å². The largest absolute Gasteiger partial charge is 0.491 e. The smallest absolute Gasteiger partial charge is 0.209 e. The molecule has 3 rings (SSSR count). The number of likely N-dealkylation sites (tertiary alicyclic amines) is 1. The number of ether oxygens (including phenoxy) is 1. The molecule has 0 saturated carbocycles. The minimum atomic E-state index is -0.443. The zero-order chi connectivity index (χ0) is 19.6. The lowest BCUT2D eigenvalue weighted by Gasteiger charge is -2.28. The summed E-state index contributed by atoms with van der Waals surface area (Å²) in [6.45, 7) is 4.89. The Bertz CT molecular complexity index is 690. The van der Waals surface area contributed by atoms with Crippen LogP contribution in [-0.2, 0) is 13.6 Å². The van der Waals surface area contributed by atoms with Gasteiger partial charge >= 0.3 is 0 Å². The summed E-state index contributed by atoms with van der Waals surface area (Å²) in [7, 11) is 1.84. The van der Waals surface area contributed by atoms with Crippen molar-refractivity contribution in [3.8, 4) is 5.75 Å². The van der Waals surface area contributed by atoms with E-state index in [4.69, 9.17) is 4.74 Å². The molecule has 0 unspecified atom stereocenters. The van der Waals surface area contributed by atoms with Crippen LogP contribution in [0.1, 0.15) is 24.8 Å². The second kappa shape index (κ2) is 11.4. The van der Waals surface area contributed by atoms with Gasteiger partial charge in [0.1, 0.15) is 18.5 Å². The van der Waals surface area contributed by atoms with Crippen molar-refractivity contribution in [2.45, 2.75) is 37.1 Å². The van der Waals surface area contributed by atoms with Crippen LogP contribution in [0.3, 0.4) is 0 Å². The molecule has 1 saturated heterocycles. The van der Waals surface area contributed by atoms with Gasteiger partial charge in [-0.15, -0.1) is 5.10 Å². The Balaban J connectivity index is 1.29. The highest BCUT2D eigenvalue weighted by atomic mass is 32.2. The summed E-state index contributed by atoms with van der Waals surface area (Å²) < 4.78 is 7.41. The Labute approximate surface area is 170 Å². The highest BCUT2D eigenvalue weighted by molar-refractivity contribution is 7.99. The Kier molecular flexibility index (Phi) is 8.53. The van der Waals surface area contributed by atoms with E-state index in [1.54, 1.807) is 16.4 Å². The van der Waals surface area contributed by atoms with Gasteiger partial charge in [-0.3, -0.25) is 0 Å². The number of nitrogens with one attached hydrogen (secondary N) is 1. The molecular formula is C19H30N6O2S. The minimum Gasteiger partial charge on any atom is -0.491 e. The molecule has 0 spiro atoms. The number of thioether (sulfide) groups is 1. The lowest BCUT2D eigenvalue weighted by Crippen LogP contribution is -2.38. The Morgan fingerprint density at radius 3 is 2.71 bits per heavy atom. The van der Waals surface area contributed by atoms with Crippen molar-refractivity contribution in [2.75, 3.05) is 38.5 Å². The molecule has 1 aliphatic heterocycles. The maximum absolute atomic E-state index is 10.2. The molecule has 1 aromatic carbocycles. The van der Waals surface area contributed by atoms with Gasteiger partial charge in [0.05, 0.1) is 0 Å². The van der Waals surface area contributed by atoms with Crippen LogP contribution in [0.25, 0.3) is 0 Å². The van der Waals surface area contributed by atoms with Crippen molar-refractivity contribution in [1.82, 2.24) is 30.4 Å². The number of aryl methyl sites for hydroxylation is 1. The normalized spacial score (nSPS) is 16.2. The van der Waals surface area contributed by atoms with Crippen molar-refractivity contribution in [3.63, 3.8) is 0 Å². The van der Waals surface area contributed by atoms with E-state index in [9.17, 15) is 5.11 Å². The lowest BCUT2D eigenvalue weighted by molar-refractivity contribution is 0.0617. The SMILES string of the molecule is Cn1nnnc1SCCNCc1ccc(OC[C@@H](O)CN2CCCCC2)cc1. The molecule has 154 valence electrons. The lowest BCUT2D eigenvalue weighted by atomic mass is 10.1. The molecule has 8 nitrogen and oxygen atoms in total. The molecular weight excluding hydrogens is 376 g/mol. The van der Waals surface area contributed by atoms with Crippen LogP contribution in [0, 0.1) is 0 Å². The van der Waals surface area contributed by atoms with E-state index >= 15 is 0 Å². The fourth-order valence-electron chi connectivity index (χ4n) is 3.18. The standard InChI is InChI=1S/C19H30N6O2S/c1-24-19(21-22-23-24)28-12-9-20-13-16-5-7-18(8-6-16)27-15-17(26)14-25-10-3-2-4-11-25/h5-8,17,20,26H,2-4,9-15H2,1H3/t17-/m0/s1. The van der Waals surface area contributed by atoms with Gasteiger partial charge in [0, 0.05) is 32.4 Å². The summed E-state index contributed by atoms with van der Waals surface area (Å²) in [6, 6.07) is 8.04. The van der Waals surface area contributed by atoms with Gasteiger partial charge in [-0.2, -0.15) is 0 Å². The van der Waals surface area contributed by atoms with Crippen LogP contribution in [0.15, 0.2) is 29.4 Å². The first kappa shape index (κ1) is 21.0. The van der Waals surface area contributed by atoms with E-state index in [2.05, 4.69) is 37.9 Å². The summed E-state index contributed by atoms with van der Waals surface area (Å²) in [4.78, 5) is 2.32. The number of aliphatic hydroxyl groups excluding tert-OH is 1. The first-order valence-corrected chi connectivity index (χ1v) is 10.9. The number of β-amino-alcohol motifs (C(OH)–C–C–N with tert-alkyl or cyclic N) is 1. The van der Waals surface area contributed by atoms with Crippen LogP contribution < -0.4 is 10.1 Å². The highest BCUT2D eigenvalue weighted by Crippen LogP contribution is 2.14. The maximum Gasteiger partial charge on any atom is 0.209 e. The van der Waals surface area contributed by atoms with Crippen molar-refractivity contribution in [3.05, 3.63) is 29.8 Å². The number of aliphatic hydroxyl groups is 1. The number of tetrazole rings is 1. The maximum atomic E-state index is 10.2. The van der Waals surface area contributed by atoms with Crippen molar-refractivity contribution in [1.29, 1.82) is 0 Å². The van der Waals surface area contributed by atoms with E-state index in [-0.39, 0.29) is 0 Å². The van der Waals surface area contributed by atoms with Gasteiger partial charge < -0.3 is 20.1 Å². The van der Waals surface area contributed by atoms with Gasteiger partial charge in [0.25, 0.3) is 0 Å². The van der Waals surface area contributed by atoms with E-state index in [1.165, 1.54) is 24.8 Å². The summed E-state index contributed by atoms with van der Waals surface area (Å²) in [5.74, 6) is 1.71. The number of nitrogens with zero attached hydrogens (tertiary/aromatic N) is 5. The molecule has 28 heavy (non-hydrogen) atoms. The molecule has 0 radical (unpaired) electrons. The first-order valence-electron chi connectivity index (χ1n) is 9.89. The van der Waals surface area contributed by atoms with Crippen LogP contribution in [-0.4, -0.2) is 74.9 Å². The second-order valence-corrected chi connectivity index (χ2v) is 8.14. The Morgan fingerprint density at radius 2 is 2.00 bits per heavy atom. The molecule has 0 aliphatic carbocycles. The monoisotopic (exact) mass is 406 g/mol. The summed E-state index contributed by atoms with van der Waals surface area (Å²) >= 11 is 1.63. The molecule has 9 heteroatoms. The van der Waals surface area contributed by atoms with Crippen molar-refractivity contribution >= 4 is 11.8 Å².